The number of carbonyl (C=O) groups excluding carboxylic acids is 1. The van der Waals surface area contributed by atoms with Crippen molar-refractivity contribution >= 4 is 5.91 Å². The largest absolute Gasteiger partial charge is 0.416 e. The van der Waals surface area contributed by atoms with E-state index < -0.39 is 11.7 Å². The molecule has 6 heteroatoms. The number of rotatable bonds is 2. The smallest absolute Gasteiger partial charge is 0.331 e. The zero-order valence-electron chi connectivity index (χ0n) is 13.8. The molecule has 2 saturated heterocycles. The van der Waals surface area contributed by atoms with Crippen LogP contribution >= 0.6 is 0 Å². The van der Waals surface area contributed by atoms with Gasteiger partial charge in [-0.25, -0.2) is 0 Å². The van der Waals surface area contributed by atoms with Crippen molar-refractivity contribution in [3.63, 3.8) is 0 Å². The minimum absolute atomic E-state index is 0.0447. The molecule has 1 amide bonds. The van der Waals surface area contributed by atoms with Crippen LogP contribution < -0.4 is 5.32 Å². The second kappa shape index (κ2) is 6.39. The molecule has 3 nitrogen and oxygen atoms in total. The van der Waals surface area contributed by atoms with E-state index in [-0.39, 0.29) is 24.0 Å². The van der Waals surface area contributed by atoms with Gasteiger partial charge in [0.05, 0.1) is 11.1 Å². The van der Waals surface area contributed by atoms with E-state index in [0.29, 0.717) is 12.0 Å². The third kappa shape index (κ3) is 3.29. The first kappa shape index (κ1) is 17.3. The van der Waals surface area contributed by atoms with Gasteiger partial charge in [-0.2, -0.15) is 13.2 Å². The van der Waals surface area contributed by atoms with Gasteiger partial charge in [-0.1, -0.05) is 18.6 Å². The zero-order valence-corrected chi connectivity index (χ0v) is 13.8. The van der Waals surface area contributed by atoms with Gasteiger partial charge in [-0.15, -0.1) is 0 Å². The molecule has 0 spiro atoms. The average molecular weight is 340 g/mol. The maximum atomic E-state index is 12.9. The van der Waals surface area contributed by atoms with Crippen molar-refractivity contribution in [1.29, 1.82) is 0 Å². The van der Waals surface area contributed by atoms with Crippen LogP contribution in [0.15, 0.2) is 24.3 Å². The van der Waals surface area contributed by atoms with Crippen LogP contribution in [-0.4, -0.2) is 28.9 Å². The van der Waals surface area contributed by atoms with Crippen molar-refractivity contribution in [2.75, 3.05) is 6.54 Å². The SMILES string of the molecule is C[C@]12CCN[C@H]1CCCCC(=O)N2Cc1cccc(C(F)(F)F)c1. The Bertz CT molecular complexity index is 617. The molecule has 1 N–H and O–H groups in total. The highest BCUT2D eigenvalue weighted by molar-refractivity contribution is 5.77. The highest BCUT2D eigenvalue weighted by atomic mass is 19.4. The maximum absolute atomic E-state index is 12.9. The Balaban J connectivity index is 1.89. The number of amides is 1. The van der Waals surface area contributed by atoms with Gasteiger partial charge in [-0.05, 0) is 50.4 Å². The van der Waals surface area contributed by atoms with Crippen LogP contribution in [0, 0.1) is 0 Å². The van der Waals surface area contributed by atoms with E-state index in [0.717, 1.165) is 44.4 Å². The summed E-state index contributed by atoms with van der Waals surface area (Å²) in [6.07, 6.45) is -0.202. The molecule has 0 aliphatic carbocycles. The monoisotopic (exact) mass is 340 g/mol. The second-order valence-electron chi connectivity index (χ2n) is 7.04. The van der Waals surface area contributed by atoms with Gasteiger partial charge in [-0.3, -0.25) is 4.79 Å². The predicted octanol–water partition coefficient (Wildman–Crippen LogP) is 3.73. The van der Waals surface area contributed by atoms with E-state index in [1.165, 1.54) is 6.07 Å². The molecule has 0 bridgehead atoms. The summed E-state index contributed by atoms with van der Waals surface area (Å²) in [5.74, 6) is 0.0447. The third-order valence-electron chi connectivity index (χ3n) is 5.42. The number of hydrogen-bond donors (Lipinski definition) is 1. The van der Waals surface area contributed by atoms with Crippen LogP contribution in [-0.2, 0) is 17.5 Å². The molecule has 0 unspecified atom stereocenters. The number of alkyl halides is 3. The van der Waals surface area contributed by atoms with E-state index in [2.05, 4.69) is 12.2 Å². The van der Waals surface area contributed by atoms with Crippen molar-refractivity contribution in [2.24, 2.45) is 0 Å². The molecule has 2 aliphatic heterocycles. The predicted molar refractivity (Wildman–Crippen MR) is 85.3 cm³/mol. The van der Waals surface area contributed by atoms with E-state index in [4.69, 9.17) is 0 Å². The summed E-state index contributed by atoms with van der Waals surface area (Å²) in [7, 11) is 0. The van der Waals surface area contributed by atoms with Gasteiger partial charge in [0.25, 0.3) is 0 Å². The van der Waals surface area contributed by atoms with E-state index in [9.17, 15) is 18.0 Å². The molecule has 132 valence electrons. The molecule has 2 heterocycles. The summed E-state index contributed by atoms with van der Waals surface area (Å²) >= 11 is 0. The Morgan fingerprint density at radius 3 is 2.88 bits per heavy atom. The molecular weight excluding hydrogens is 317 g/mol. The van der Waals surface area contributed by atoms with Crippen LogP contribution in [0.2, 0.25) is 0 Å². The number of hydrogen-bond acceptors (Lipinski definition) is 2. The molecule has 2 aliphatic rings. The van der Waals surface area contributed by atoms with Gasteiger partial charge >= 0.3 is 6.18 Å². The van der Waals surface area contributed by atoms with E-state index >= 15 is 0 Å². The normalized spacial score (nSPS) is 28.4. The zero-order chi connectivity index (χ0) is 17.4. The maximum Gasteiger partial charge on any atom is 0.416 e. The first-order chi connectivity index (χ1) is 11.3. The summed E-state index contributed by atoms with van der Waals surface area (Å²) < 4.78 is 38.8. The summed E-state index contributed by atoms with van der Waals surface area (Å²) in [4.78, 5) is 14.5. The second-order valence-corrected chi connectivity index (χ2v) is 7.04. The van der Waals surface area contributed by atoms with E-state index in [1.807, 2.05) is 4.90 Å². The number of halogens is 3. The average Bonchev–Trinajstić information content (AvgIpc) is 2.89. The first-order valence-electron chi connectivity index (χ1n) is 8.51. The number of nitrogens with one attached hydrogen (secondary N) is 1. The minimum Gasteiger partial charge on any atom is -0.331 e. The van der Waals surface area contributed by atoms with E-state index in [1.54, 1.807) is 6.07 Å². The highest BCUT2D eigenvalue weighted by Crippen LogP contribution is 2.36. The lowest BCUT2D eigenvalue weighted by Crippen LogP contribution is -2.56. The standard InChI is InChI=1S/C18H23F3N2O/c1-17-9-10-22-15(17)7-2-3-8-16(24)23(17)12-13-5-4-6-14(11-13)18(19,20)21/h4-6,11,15,22H,2-3,7-10,12H2,1H3/t15-,17-/m0/s1. The topological polar surface area (TPSA) is 32.3 Å². The van der Waals surface area contributed by atoms with Gasteiger partial charge in [0.2, 0.25) is 5.91 Å². The third-order valence-corrected chi connectivity index (χ3v) is 5.42. The first-order valence-corrected chi connectivity index (χ1v) is 8.51. The van der Waals surface area contributed by atoms with Gasteiger partial charge in [0, 0.05) is 19.0 Å². The van der Waals surface area contributed by atoms with Crippen molar-refractivity contribution in [3.05, 3.63) is 35.4 Å². The lowest BCUT2D eigenvalue weighted by atomic mass is 9.84. The molecule has 0 saturated carbocycles. The van der Waals surface area contributed by atoms with Crippen molar-refractivity contribution in [3.8, 4) is 0 Å². The summed E-state index contributed by atoms with van der Waals surface area (Å²) in [5, 5.41) is 3.46. The molecule has 1 aromatic rings. The minimum atomic E-state index is -4.36. The summed E-state index contributed by atoms with van der Waals surface area (Å²) in [5.41, 5.74) is -0.456. The van der Waals surface area contributed by atoms with Gasteiger partial charge < -0.3 is 10.2 Å². The number of nitrogens with zero attached hydrogens (tertiary/aromatic N) is 1. The van der Waals surface area contributed by atoms with Crippen molar-refractivity contribution in [1.82, 2.24) is 10.2 Å². The molecule has 1 aromatic carbocycles. The Morgan fingerprint density at radius 2 is 2.12 bits per heavy atom. The van der Waals surface area contributed by atoms with Gasteiger partial charge in [0.1, 0.15) is 0 Å². The molecule has 0 aromatic heterocycles. The van der Waals surface area contributed by atoms with Crippen LogP contribution in [0.3, 0.4) is 0 Å². The fourth-order valence-corrected chi connectivity index (χ4v) is 3.97. The molecule has 2 atom stereocenters. The fraction of sp³-hybridized carbons (Fsp3) is 0.611. The van der Waals surface area contributed by atoms with Crippen LogP contribution in [0.5, 0.6) is 0 Å². The number of carbonyl (C=O) groups is 1. The molecule has 3 rings (SSSR count). The Hall–Kier alpha value is -1.56. The number of benzene rings is 1. The number of fused-ring (bicyclic) bond motifs is 1. The Labute approximate surface area is 140 Å². The van der Waals surface area contributed by atoms with Crippen molar-refractivity contribution < 1.29 is 18.0 Å². The van der Waals surface area contributed by atoms with Crippen LogP contribution in [0.4, 0.5) is 13.2 Å². The highest BCUT2D eigenvalue weighted by Gasteiger charge is 2.45. The Kier molecular flexibility index (Phi) is 4.60. The summed E-state index contributed by atoms with van der Waals surface area (Å²) in [6.45, 7) is 3.14. The lowest BCUT2D eigenvalue weighted by molar-refractivity contribution is -0.139. The fourth-order valence-electron chi connectivity index (χ4n) is 3.97. The molecule has 24 heavy (non-hydrogen) atoms. The van der Waals surface area contributed by atoms with Crippen LogP contribution in [0.1, 0.15) is 50.2 Å². The van der Waals surface area contributed by atoms with Crippen LogP contribution in [0.25, 0.3) is 0 Å². The number of likely N-dealkylation sites (tertiary alicyclic amines) is 1. The summed E-state index contributed by atoms with van der Waals surface area (Å²) in [6, 6.07) is 5.53. The molecule has 0 radical (unpaired) electrons. The molecule has 2 fully saturated rings. The quantitative estimate of drug-likeness (QED) is 0.890. The van der Waals surface area contributed by atoms with Crippen molar-refractivity contribution in [2.45, 2.75) is 63.3 Å². The molecular formula is C18H23F3N2O. The lowest BCUT2D eigenvalue weighted by Gasteiger charge is -2.44. The Morgan fingerprint density at radius 1 is 1.33 bits per heavy atom. The van der Waals surface area contributed by atoms with Gasteiger partial charge in [0.15, 0.2) is 0 Å².